The Morgan fingerprint density at radius 3 is 0.910 bits per heavy atom. The van der Waals surface area contributed by atoms with E-state index in [2.05, 4.69) is 0 Å². The topological polar surface area (TPSA) is 506 Å². The third kappa shape index (κ3) is 11.4. The van der Waals surface area contributed by atoms with E-state index < -0.39 is 224 Å². The summed E-state index contributed by atoms with van der Waals surface area (Å²) in [5.74, 6) is -2.75. The van der Waals surface area contributed by atoms with Gasteiger partial charge in [-0.2, -0.15) is 0 Å². The Morgan fingerprint density at radius 2 is 0.582 bits per heavy atom. The fraction of sp³-hybridized carbons (Fsp3) is 1.00. The molecule has 6 saturated heterocycles. The van der Waals surface area contributed by atoms with E-state index in [0.717, 1.165) is 0 Å². The van der Waals surface area contributed by atoms with Crippen LogP contribution in [-0.2, 0) is 52.1 Å². The van der Waals surface area contributed by atoms with Gasteiger partial charge in [0.25, 0.3) is 0 Å². The summed E-state index contributed by atoms with van der Waals surface area (Å²) in [5, 5.41) is 208. The number of ether oxygens (including phenoxy) is 11. The molecule has 29 atom stereocenters. The van der Waals surface area contributed by atoms with Crippen molar-refractivity contribution in [3.05, 3.63) is 0 Å². The van der Waals surface area contributed by atoms with Gasteiger partial charge < -0.3 is 154 Å². The minimum absolute atomic E-state index is 0.723. The summed E-state index contributed by atoms with van der Waals surface area (Å²) in [6.07, 6.45) is -52.3. The lowest BCUT2D eigenvalue weighted by molar-refractivity contribution is -0.400. The van der Waals surface area contributed by atoms with E-state index in [4.69, 9.17) is 52.1 Å². The van der Waals surface area contributed by atoms with Gasteiger partial charge in [-0.25, -0.2) is 0 Å². The second-order valence-electron chi connectivity index (χ2n) is 17.0. The summed E-state index contributed by atoms with van der Waals surface area (Å²) < 4.78 is 60.6. The number of hydrogen-bond acceptors (Lipinski definition) is 31. The molecule has 0 radical (unpaired) electrons. The molecule has 0 aromatic rings. The lowest BCUT2D eigenvalue weighted by atomic mass is 9.98. The first kappa shape index (κ1) is 55.1. The van der Waals surface area contributed by atoms with Crippen molar-refractivity contribution in [1.29, 1.82) is 0 Å². The summed E-state index contributed by atoms with van der Waals surface area (Å²) in [4.78, 5) is 0. The molecule has 6 aliphatic heterocycles. The van der Waals surface area contributed by atoms with Gasteiger partial charge in [0, 0.05) is 0 Å². The van der Waals surface area contributed by atoms with E-state index in [9.17, 15) is 102 Å². The van der Waals surface area contributed by atoms with Crippen molar-refractivity contribution in [1.82, 2.24) is 0 Å². The van der Waals surface area contributed by atoms with Gasteiger partial charge in [0.2, 0.25) is 5.79 Å². The number of aliphatic hydroxyl groups is 20. The molecule has 0 amide bonds. The first-order chi connectivity index (χ1) is 31.6. The highest BCUT2D eigenvalue weighted by molar-refractivity contribution is 5.00. The lowest BCUT2D eigenvalue weighted by Crippen LogP contribution is -2.64. The van der Waals surface area contributed by atoms with Crippen molar-refractivity contribution in [3.8, 4) is 0 Å². The Kier molecular flexibility index (Phi) is 19.0. The molecule has 0 aromatic heterocycles. The van der Waals surface area contributed by atoms with Crippen LogP contribution in [0.1, 0.15) is 0 Å². The molecule has 392 valence electrons. The number of rotatable bonds is 17. The van der Waals surface area contributed by atoms with Crippen molar-refractivity contribution in [2.75, 3.05) is 46.2 Å². The van der Waals surface area contributed by atoms with Crippen LogP contribution in [0.15, 0.2) is 0 Å². The van der Waals surface area contributed by atoms with Gasteiger partial charge in [-0.15, -0.1) is 0 Å². The van der Waals surface area contributed by atoms with Gasteiger partial charge in [-0.05, 0) is 0 Å². The van der Waals surface area contributed by atoms with Gasteiger partial charge in [0.1, 0.15) is 147 Å². The Morgan fingerprint density at radius 1 is 0.299 bits per heavy atom. The van der Waals surface area contributed by atoms with Crippen LogP contribution in [0.25, 0.3) is 0 Å². The Labute approximate surface area is 378 Å². The van der Waals surface area contributed by atoms with E-state index >= 15 is 0 Å². The van der Waals surface area contributed by atoms with Gasteiger partial charge in [0.15, 0.2) is 31.5 Å². The summed E-state index contributed by atoms with van der Waals surface area (Å²) in [7, 11) is 0. The lowest BCUT2D eigenvalue weighted by Gasteiger charge is -2.46. The third-order valence-corrected chi connectivity index (χ3v) is 12.4. The highest BCUT2D eigenvalue weighted by Gasteiger charge is 2.60. The molecule has 6 aliphatic rings. The van der Waals surface area contributed by atoms with Crippen LogP contribution in [0.5, 0.6) is 0 Å². The average Bonchev–Trinajstić information content (AvgIpc) is 3.55. The Balaban J connectivity index is 1.11. The fourth-order valence-electron chi connectivity index (χ4n) is 8.16. The van der Waals surface area contributed by atoms with Crippen LogP contribution in [0.2, 0.25) is 0 Å². The third-order valence-electron chi connectivity index (χ3n) is 12.4. The van der Waals surface area contributed by atoms with Crippen LogP contribution in [-0.4, -0.2) is 326 Å². The molecule has 6 heterocycles. The zero-order chi connectivity index (χ0) is 49.4. The van der Waals surface area contributed by atoms with E-state index in [0.29, 0.717) is 0 Å². The molecule has 0 saturated carbocycles. The second-order valence-corrected chi connectivity index (χ2v) is 17.0. The number of hydrogen-bond donors (Lipinski definition) is 20. The minimum atomic E-state index is -2.75. The predicted molar refractivity (Wildman–Crippen MR) is 199 cm³/mol. The van der Waals surface area contributed by atoms with Crippen molar-refractivity contribution >= 4 is 0 Å². The molecule has 67 heavy (non-hydrogen) atoms. The van der Waals surface area contributed by atoms with Crippen LogP contribution in [0.3, 0.4) is 0 Å². The average molecular weight is 991 g/mol. The normalized spacial score (nSPS) is 53.2. The SMILES string of the molecule is OC[C@H]1O[C@H](OC[C@H]2O[C@H](OC[C@H]3O[C@H](OC[C@@]4(O[C@H]5O[C@H](CO[C@H]6O[C@H](CO)[C@H](O)[C@H](O)[C@H]6O)[C@@H](O)[C@H](O)[C@H]5O)O[C@H](CO)[C@@H](O)[C@@H]4O)[C@H](O)[C@@H](O)[C@H]3O)[C@H](O)[C@@H](O)[C@H]2O)[C@H](O)[C@@H](O)[C@H]1O. The molecule has 0 spiro atoms. The van der Waals surface area contributed by atoms with Crippen molar-refractivity contribution in [3.63, 3.8) is 0 Å². The largest absolute Gasteiger partial charge is 0.394 e. The van der Waals surface area contributed by atoms with Gasteiger partial charge in [0.05, 0.1) is 39.6 Å². The molecule has 6 rings (SSSR count). The van der Waals surface area contributed by atoms with Gasteiger partial charge >= 0.3 is 0 Å². The standard InChI is InChI=1S/C36H62O31/c37-1-8-14(40)20(46)25(51)31(61-8)57-4-11-16(42)22(48)27(53)33(63-11)59-5-12-17(43)23(49)28(54)34(64-12)60-7-36(30(56)19(45)10(3-39)66-36)67-35-29(55)24(50)18(44)13(65-35)6-58-32-26(52)21(47)15(41)9(2-38)62-32/h8-35,37-56H,1-7H2/t8-,9-,10-,11-,12-,13-,14+,15+,16+,17+,18-,19-,20+,21+,22+,23+,24+,25-,26-,27-,28-,29-,30+,31+,32+,33+,34+,35-,36+/m1/s1. The van der Waals surface area contributed by atoms with Crippen molar-refractivity contribution in [2.45, 2.75) is 178 Å². The zero-order valence-corrected chi connectivity index (χ0v) is 35.1. The van der Waals surface area contributed by atoms with Crippen molar-refractivity contribution in [2.24, 2.45) is 0 Å². The first-order valence-corrected chi connectivity index (χ1v) is 21.1. The van der Waals surface area contributed by atoms with Crippen molar-refractivity contribution < 1.29 is 154 Å². The van der Waals surface area contributed by atoms with E-state index in [1.54, 1.807) is 0 Å². The summed E-state index contributed by atoms with van der Waals surface area (Å²) in [5.41, 5.74) is 0. The molecular formula is C36H62O31. The number of aliphatic hydroxyl groups excluding tert-OH is 20. The molecule has 0 aliphatic carbocycles. The highest BCUT2D eigenvalue weighted by Crippen LogP contribution is 2.38. The fourth-order valence-corrected chi connectivity index (χ4v) is 8.16. The van der Waals surface area contributed by atoms with Crippen LogP contribution < -0.4 is 0 Å². The second kappa shape index (κ2) is 23.1. The molecule has 31 heteroatoms. The van der Waals surface area contributed by atoms with Gasteiger partial charge in [-0.1, -0.05) is 0 Å². The maximum absolute atomic E-state index is 11.2. The maximum Gasteiger partial charge on any atom is 0.224 e. The molecular weight excluding hydrogens is 928 g/mol. The minimum Gasteiger partial charge on any atom is -0.394 e. The monoisotopic (exact) mass is 990 g/mol. The maximum atomic E-state index is 11.2. The Hall–Kier alpha value is -1.24. The van der Waals surface area contributed by atoms with E-state index in [1.165, 1.54) is 0 Å². The highest BCUT2D eigenvalue weighted by atomic mass is 16.8. The van der Waals surface area contributed by atoms with Crippen LogP contribution in [0, 0.1) is 0 Å². The van der Waals surface area contributed by atoms with Crippen LogP contribution >= 0.6 is 0 Å². The molecule has 0 bridgehead atoms. The quantitative estimate of drug-likeness (QED) is 0.0643. The van der Waals surface area contributed by atoms with E-state index in [-0.39, 0.29) is 0 Å². The summed E-state index contributed by atoms with van der Waals surface area (Å²) in [6.45, 7) is -6.12. The Bertz CT molecular complexity index is 1520. The molecule has 0 aromatic carbocycles. The predicted octanol–water partition coefficient (Wildman–Crippen LogP) is -14.1. The molecule has 20 N–H and O–H groups in total. The summed E-state index contributed by atoms with van der Waals surface area (Å²) in [6, 6.07) is 0. The molecule has 31 nitrogen and oxygen atoms in total. The van der Waals surface area contributed by atoms with Gasteiger partial charge in [-0.3, -0.25) is 0 Å². The smallest absolute Gasteiger partial charge is 0.224 e. The molecule has 0 unspecified atom stereocenters. The first-order valence-electron chi connectivity index (χ1n) is 21.1. The van der Waals surface area contributed by atoms with Crippen LogP contribution in [0.4, 0.5) is 0 Å². The zero-order valence-electron chi connectivity index (χ0n) is 35.1. The van der Waals surface area contributed by atoms with E-state index in [1.807, 2.05) is 0 Å². The summed E-state index contributed by atoms with van der Waals surface area (Å²) >= 11 is 0. The molecule has 6 fully saturated rings.